The van der Waals surface area contributed by atoms with E-state index in [0.29, 0.717) is 59.2 Å². The van der Waals surface area contributed by atoms with Crippen molar-refractivity contribution >= 4 is 18.2 Å². The van der Waals surface area contributed by atoms with Crippen LogP contribution in [-0.2, 0) is 28.5 Å². The number of unbranched alkanes of at least 4 members (excludes halogenated alkanes) is 1. The lowest BCUT2D eigenvalue weighted by molar-refractivity contribution is -0.150. The molecule has 2 N–H and O–H groups in total. The van der Waals surface area contributed by atoms with Crippen LogP contribution in [0.4, 0.5) is 9.59 Å². The molecular weight excluding hydrogens is 470 g/mol. The average Bonchev–Trinajstić information content (AvgIpc) is 2.74. The number of carbonyl (C=O) groups excluding carboxylic acids is 3. The van der Waals surface area contributed by atoms with Gasteiger partial charge in [0.1, 0.15) is 17.2 Å². The molecule has 1 atom stereocenters. The highest BCUT2D eigenvalue weighted by Crippen LogP contribution is 2.07. The van der Waals surface area contributed by atoms with Gasteiger partial charge in [-0.05, 0) is 54.9 Å². The molecule has 2 amide bonds. The summed E-state index contributed by atoms with van der Waals surface area (Å²) in [5.41, 5.74) is -1.11. The number of alkyl carbamates (subject to hydrolysis) is 2. The van der Waals surface area contributed by atoms with Crippen molar-refractivity contribution in [3.8, 4) is 0 Å². The monoisotopic (exact) mass is 519 g/mol. The smallest absolute Gasteiger partial charge is 0.407 e. The molecule has 0 aliphatic carbocycles. The zero-order valence-corrected chi connectivity index (χ0v) is 23.6. The van der Waals surface area contributed by atoms with Gasteiger partial charge in [-0.2, -0.15) is 0 Å². The van der Waals surface area contributed by atoms with Crippen LogP contribution >= 0.6 is 0 Å². The second kappa shape index (κ2) is 18.2. The van der Waals surface area contributed by atoms with Crippen molar-refractivity contribution in [2.24, 2.45) is 0 Å². The summed E-state index contributed by atoms with van der Waals surface area (Å²) in [5, 5.41) is 5.28. The number of carbonyl (C=O) groups is 3. The van der Waals surface area contributed by atoms with E-state index in [1.165, 1.54) is 0 Å². The Kier molecular flexibility index (Phi) is 17.1. The van der Waals surface area contributed by atoms with Crippen molar-refractivity contribution in [3.63, 3.8) is 0 Å². The number of rotatable bonds is 17. The van der Waals surface area contributed by atoms with E-state index in [2.05, 4.69) is 10.6 Å². The molecule has 0 bridgehead atoms. The second-order valence-corrected chi connectivity index (χ2v) is 10.3. The van der Waals surface area contributed by atoms with Crippen LogP contribution < -0.4 is 10.6 Å². The predicted molar refractivity (Wildman–Crippen MR) is 137 cm³/mol. The van der Waals surface area contributed by atoms with Gasteiger partial charge in [0.05, 0.1) is 33.0 Å². The molecule has 0 fully saturated rings. The topological polar surface area (TPSA) is 125 Å². The molecule has 212 valence electrons. The Morgan fingerprint density at radius 2 is 1.19 bits per heavy atom. The third-order valence-electron chi connectivity index (χ3n) is 4.51. The summed E-state index contributed by atoms with van der Waals surface area (Å²) in [4.78, 5) is 37.7. The number of ether oxygens (including phenoxy) is 5. The standard InChI is InChI=1S/C25H49N3O8/c1-9-10-15-34-21(29)20(2)28(13-18-32-16-11-26-22(30)35-24(3,4)5)14-19-33-17-12-27-23(31)36-25(6,7)8/h20H,9-19H2,1-8H3,(H,26,30)(H,27,31)/t20-/m0/s1. The molecule has 0 aromatic rings. The molecule has 0 saturated carbocycles. The van der Waals surface area contributed by atoms with Gasteiger partial charge in [0.25, 0.3) is 0 Å². The fraction of sp³-hybridized carbons (Fsp3) is 0.880. The molecule has 0 aromatic heterocycles. The molecule has 0 aliphatic rings. The van der Waals surface area contributed by atoms with E-state index in [1.54, 1.807) is 48.5 Å². The van der Waals surface area contributed by atoms with Crippen molar-refractivity contribution < 1.29 is 38.1 Å². The normalized spacial score (nSPS) is 12.7. The Hall–Kier alpha value is -2.11. The van der Waals surface area contributed by atoms with Gasteiger partial charge < -0.3 is 34.3 Å². The Morgan fingerprint density at radius 1 is 0.750 bits per heavy atom. The summed E-state index contributed by atoms with van der Waals surface area (Å²) in [6, 6.07) is -0.464. The molecule has 0 heterocycles. The van der Waals surface area contributed by atoms with E-state index in [0.717, 1.165) is 12.8 Å². The van der Waals surface area contributed by atoms with Gasteiger partial charge in [-0.15, -0.1) is 0 Å². The lowest BCUT2D eigenvalue weighted by Gasteiger charge is -2.27. The third kappa shape index (κ3) is 20.1. The molecule has 11 heteroatoms. The summed E-state index contributed by atoms with van der Waals surface area (Å²) < 4.78 is 27.0. The van der Waals surface area contributed by atoms with Crippen LogP contribution in [0.1, 0.15) is 68.2 Å². The Bertz CT molecular complexity index is 592. The number of esters is 1. The van der Waals surface area contributed by atoms with E-state index in [-0.39, 0.29) is 5.97 Å². The van der Waals surface area contributed by atoms with E-state index >= 15 is 0 Å². The zero-order valence-electron chi connectivity index (χ0n) is 23.6. The summed E-state index contributed by atoms with van der Waals surface area (Å²) in [5.74, 6) is -0.290. The lowest BCUT2D eigenvalue weighted by atomic mass is 10.2. The molecule has 36 heavy (non-hydrogen) atoms. The first kappa shape index (κ1) is 33.9. The average molecular weight is 520 g/mol. The highest BCUT2D eigenvalue weighted by atomic mass is 16.6. The Morgan fingerprint density at radius 3 is 1.58 bits per heavy atom. The highest BCUT2D eigenvalue weighted by Gasteiger charge is 2.22. The van der Waals surface area contributed by atoms with Crippen LogP contribution in [0.25, 0.3) is 0 Å². The SMILES string of the molecule is CCCCOC(=O)[C@H](C)N(CCOCCNC(=O)OC(C)(C)C)CCOCCNC(=O)OC(C)(C)C. The van der Waals surface area contributed by atoms with E-state index in [4.69, 9.17) is 23.7 Å². The first-order valence-electron chi connectivity index (χ1n) is 12.7. The van der Waals surface area contributed by atoms with Gasteiger partial charge in [0.2, 0.25) is 0 Å². The molecule has 0 saturated heterocycles. The summed E-state index contributed by atoms with van der Waals surface area (Å²) in [6.45, 7) is 18.0. The zero-order chi connectivity index (χ0) is 27.6. The molecule has 0 aliphatic heterocycles. The minimum Gasteiger partial charge on any atom is -0.465 e. The molecule has 0 spiro atoms. The molecule has 0 aromatic carbocycles. The van der Waals surface area contributed by atoms with Crippen LogP contribution in [0.3, 0.4) is 0 Å². The van der Waals surface area contributed by atoms with Crippen LogP contribution in [-0.4, -0.2) is 99.5 Å². The summed E-state index contributed by atoms with van der Waals surface area (Å²) in [6.07, 6.45) is 0.783. The van der Waals surface area contributed by atoms with Gasteiger partial charge in [-0.3, -0.25) is 9.69 Å². The Labute approximate surface area is 216 Å². The molecule has 0 unspecified atom stereocenters. The van der Waals surface area contributed by atoms with Crippen LogP contribution in [0.15, 0.2) is 0 Å². The number of amides is 2. The van der Waals surface area contributed by atoms with E-state index in [9.17, 15) is 14.4 Å². The maximum atomic E-state index is 12.4. The number of hydrogen-bond acceptors (Lipinski definition) is 9. The van der Waals surface area contributed by atoms with E-state index < -0.39 is 29.4 Å². The maximum Gasteiger partial charge on any atom is 0.407 e. The Balaban J connectivity index is 4.42. The third-order valence-corrected chi connectivity index (χ3v) is 4.51. The number of nitrogens with one attached hydrogen (secondary N) is 2. The second-order valence-electron chi connectivity index (χ2n) is 10.3. The van der Waals surface area contributed by atoms with Gasteiger partial charge in [-0.1, -0.05) is 13.3 Å². The molecule has 11 nitrogen and oxygen atoms in total. The predicted octanol–water partition coefficient (Wildman–Crippen LogP) is 3.10. The lowest BCUT2D eigenvalue weighted by Crippen LogP contribution is -2.44. The molecular formula is C25H49N3O8. The number of hydrogen-bond donors (Lipinski definition) is 2. The minimum absolute atomic E-state index is 0.290. The molecule has 0 rings (SSSR count). The summed E-state index contributed by atoms with van der Waals surface area (Å²) >= 11 is 0. The minimum atomic E-state index is -0.554. The van der Waals surface area contributed by atoms with Gasteiger partial charge in [-0.25, -0.2) is 9.59 Å². The van der Waals surface area contributed by atoms with Gasteiger partial charge in [0.15, 0.2) is 0 Å². The van der Waals surface area contributed by atoms with Crippen molar-refractivity contribution in [3.05, 3.63) is 0 Å². The maximum absolute atomic E-state index is 12.4. The first-order valence-corrected chi connectivity index (χ1v) is 12.7. The van der Waals surface area contributed by atoms with Crippen molar-refractivity contribution in [1.29, 1.82) is 0 Å². The highest BCUT2D eigenvalue weighted by molar-refractivity contribution is 5.75. The van der Waals surface area contributed by atoms with E-state index in [1.807, 2.05) is 11.8 Å². The number of nitrogens with zero attached hydrogens (tertiary/aromatic N) is 1. The first-order chi connectivity index (χ1) is 16.7. The van der Waals surface area contributed by atoms with Crippen LogP contribution in [0.2, 0.25) is 0 Å². The van der Waals surface area contributed by atoms with Crippen LogP contribution in [0, 0.1) is 0 Å². The molecule has 0 radical (unpaired) electrons. The fourth-order valence-electron chi connectivity index (χ4n) is 2.73. The summed E-state index contributed by atoms with van der Waals surface area (Å²) in [7, 11) is 0. The van der Waals surface area contributed by atoms with Crippen molar-refractivity contribution in [2.75, 3.05) is 59.2 Å². The van der Waals surface area contributed by atoms with Crippen molar-refractivity contribution in [1.82, 2.24) is 15.5 Å². The fourth-order valence-corrected chi connectivity index (χ4v) is 2.73. The van der Waals surface area contributed by atoms with Crippen molar-refractivity contribution in [2.45, 2.75) is 85.5 Å². The quantitative estimate of drug-likeness (QED) is 0.169. The van der Waals surface area contributed by atoms with Gasteiger partial charge in [0, 0.05) is 26.2 Å². The largest absolute Gasteiger partial charge is 0.465 e. The van der Waals surface area contributed by atoms with Gasteiger partial charge >= 0.3 is 18.2 Å². The van der Waals surface area contributed by atoms with Crippen LogP contribution in [0.5, 0.6) is 0 Å².